The zero-order chi connectivity index (χ0) is 19.9. The topological polar surface area (TPSA) is 45.2 Å². The van der Waals surface area contributed by atoms with E-state index in [9.17, 15) is 9.18 Å². The van der Waals surface area contributed by atoms with E-state index in [1.165, 1.54) is 12.1 Å². The van der Waals surface area contributed by atoms with Crippen LogP contribution in [0.4, 0.5) is 4.39 Å². The summed E-state index contributed by atoms with van der Waals surface area (Å²) in [4.78, 5) is 19.0. The van der Waals surface area contributed by atoms with Crippen molar-refractivity contribution >= 4 is 5.91 Å². The average Bonchev–Trinajstić information content (AvgIpc) is 2.68. The second kappa shape index (κ2) is 9.78. The first-order chi connectivity index (χ1) is 13.5. The Morgan fingerprint density at radius 2 is 1.96 bits per heavy atom. The molecule has 0 radical (unpaired) electrons. The molecule has 4 nitrogen and oxygen atoms in total. The van der Waals surface area contributed by atoms with Gasteiger partial charge in [0.15, 0.2) is 0 Å². The fourth-order valence-electron chi connectivity index (χ4n) is 4.34. The van der Waals surface area contributed by atoms with Gasteiger partial charge in [0.25, 0.3) is 0 Å². The van der Waals surface area contributed by atoms with Crippen LogP contribution < -0.4 is 5.32 Å². The van der Waals surface area contributed by atoms with Crippen LogP contribution in [0.5, 0.6) is 0 Å². The highest BCUT2D eigenvalue weighted by Crippen LogP contribution is 2.38. The summed E-state index contributed by atoms with van der Waals surface area (Å²) in [6.07, 6.45) is 6.61. The number of carbonyl (C=O) groups is 1. The molecule has 0 spiro atoms. The molecule has 1 fully saturated rings. The molecule has 2 aromatic rings. The summed E-state index contributed by atoms with van der Waals surface area (Å²) in [5, 5.41) is 3.03. The fraction of sp³-hybridized carbons (Fsp3) is 0.478. The third kappa shape index (κ3) is 5.61. The normalized spacial score (nSPS) is 20.7. The van der Waals surface area contributed by atoms with Gasteiger partial charge in [0.1, 0.15) is 5.82 Å². The lowest BCUT2D eigenvalue weighted by Crippen LogP contribution is -2.35. The van der Waals surface area contributed by atoms with Crippen molar-refractivity contribution in [3.8, 4) is 0 Å². The molecule has 1 aromatic carbocycles. The van der Waals surface area contributed by atoms with Crippen molar-refractivity contribution in [3.63, 3.8) is 0 Å². The SMILES string of the molecule is CN(C)[C@@H](c1ccccn1)C1CCC(CNC(=O)Cc2cccc(F)c2)CC1. The van der Waals surface area contributed by atoms with E-state index in [0.29, 0.717) is 30.0 Å². The summed E-state index contributed by atoms with van der Waals surface area (Å²) in [6, 6.07) is 12.7. The second-order valence-corrected chi connectivity index (χ2v) is 8.05. The van der Waals surface area contributed by atoms with E-state index >= 15 is 0 Å². The summed E-state index contributed by atoms with van der Waals surface area (Å²) in [5.74, 6) is 0.766. The van der Waals surface area contributed by atoms with Crippen molar-refractivity contribution in [2.24, 2.45) is 11.8 Å². The molecule has 1 atom stereocenters. The molecule has 1 N–H and O–H groups in total. The van der Waals surface area contributed by atoms with Crippen molar-refractivity contribution in [2.45, 2.75) is 38.1 Å². The summed E-state index contributed by atoms with van der Waals surface area (Å²) in [6.45, 7) is 0.705. The van der Waals surface area contributed by atoms with Gasteiger partial charge in [0.05, 0.1) is 18.2 Å². The Labute approximate surface area is 167 Å². The van der Waals surface area contributed by atoms with Gasteiger partial charge in [-0.15, -0.1) is 0 Å². The van der Waals surface area contributed by atoms with Crippen LogP contribution in [-0.2, 0) is 11.2 Å². The Balaban J connectivity index is 1.46. The molecule has 3 rings (SSSR count). The number of pyridine rings is 1. The number of carbonyl (C=O) groups excluding carboxylic acids is 1. The number of benzene rings is 1. The molecule has 1 aromatic heterocycles. The summed E-state index contributed by atoms with van der Waals surface area (Å²) in [5.41, 5.74) is 1.85. The Morgan fingerprint density at radius 3 is 2.61 bits per heavy atom. The van der Waals surface area contributed by atoms with E-state index in [1.54, 1.807) is 12.1 Å². The molecule has 1 heterocycles. The van der Waals surface area contributed by atoms with Crippen molar-refractivity contribution in [1.29, 1.82) is 0 Å². The van der Waals surface area contributed by atoms with Gasteiger partial charge in [-0.3, -0.25) is 9.78 Å². The van der Waals surface area contributed by atoms with Gasteiger partial charge < -0.3 is 10.2 Å². The minimum absolute atomic E-state index is 0.0348. The Hall–Kier alpha value is -2.27. The average molecular weight is 384 g/mol. The van der Waals surface area contributed by atoms with Crippen LogP contribution >= 0.6 is 0 Å². The molecule has 150 valence electrons. The lowest BCUT2D eigenvalue weighted by Gasteiger charge is -2.37. The first-order valence-electron chi connectivity index (χ1n) is 10.1. The standard InChI is InChI=1S/C23H30FN3O/c1-27(2)23(21-8-3-4-13-25-21)19-11-9-17(10-12-19)16-26-22(28)15-18-6-5-7-20(24)14-18/h3-8,13-14,17,19,23H,9-12,15-16H2,1-2H3,(H,26,28)/t17?,19?,23-/m1/s1. The fourth-order valence-corrected chi connectivity index (χ4v) is 4.34. The van der Waals surface area contributed by atoms with Gasteiger partial charge in [0, 0.05) is 12.7 Å². The maximum absolute atomic E-state index is 13.2. The van der Waals surface area contributed by atoms with Gasteiger partial charge in [0.2, 0.25) is 5.91 Å². The molecule has 0 aliphatic heterocycles. The molecule has 1 aliphatic carbocycles. The Bertz CT molecular complexity index is 757. The lowest BCUT2D eigenvalue weighted by atomic mass is 9.77. The first-order valence-corrected chi connectivity index (χ1v) is 10.1. The van der Waals surface area contributed by atoms with Crippen LogP contribution in [-0.4, -0.2) is 36.4 Å². The number of hydrogen-bond donors (Lipinski definition) is 1. The molecule has 1 saturated carbocycles. The van der Waals surface area contributed by atoms with Crippen LogP contribution in [0.2, 0.25) is 0 Å². The summed E-state index contributed by atoms with van der Waals surface area (Å²) < 4.78 is 13.2. The van der Waals surface area contributed by atoms with E-state index in [-0.39, 0.29) is 18.1 Å². The van der Waals surface area contributed by atoms with Crippen molar-refractivity contribution in [2.75, 3.05) is 20.6 Å². The number of halogens is 1. The highest BCUT2D eigenvalue weighted by molar-refractivity contribution is 5.78. The van der Waals surface area contributed by atoms with Crippen LogP contribution in [0, 0.1) is 17.7 Å². The van der Waals surface area contributed by atoms with E-state index in [0.717, 1.165) is 31.4 Å². The summed E-state index contributed by atoms with van der Waals surface area (Å²) in [7, 11) is 4.25. The summed E-state index contributed by atoms with van der Waals surface area (Å²) >= 11 is 0. The second-order valence-electron chi connectivity index (χ2n) is 8.05. The maximum Gasteiger partial charge on any atom is 0.224 e. The number of rotatable bonds is 7. The van der Waals surface area contributed by atoms with Crippen LogP contribution in [0.15, 0.2) is 48.7 Å². The Kier molecular flexibility index (Phi) is 7.15. The number of nitrogens with zero attached hydrogens (tertiary/aromatic N) is 2. The zero-order valence-electron chi connectivity index (χ0n) is 16.8. The van der Waals surface area contributed by atoms with Crippen molar-refractivity contribution in [3.05, 3.63) is 65.7 Å². The molecule has 0 saturated heterocycles. The van der Waals surface area contributed by atoms with E-state index < -0.39 is 0 Å². The first kappa shape index (κ1) is 20.5. The van der Waals surface area contributed by atoms with Gasteiger partial charge in [-0.25, -0.2) is 4.39 Å². The predicted octanol–water partition coefficient (Wildman–Crippen LogP) is 3.99. The molecular formula is C23H30FN3O. The quantitative estimate of drug-likeness (QED) is 0.786. The van der Waals surface area contributed by atoms with Crippen LogP contribution in [0.3, 0.4) is 0 Å². The lowest BCUT2D eigenvalue weighted by molar-refractivity contribution is -0.120. The van der Waals surface area contributed by atoms with Gasteiger partial charge in [-0.1, -0.05) is 18.2 Å². The number of nitrogens with one attached hydrogen (secondary N) is 1. The maximum atomic E-state index is 13.2. The molecule has 1 amide bonds. The Morgan fingerprint density at radius 1 is 1.18 bits per heavy atom. The third-order valence-electron chi connectivity index (χ3n) is 5.73. The monoisotopic (exact) mass is 383 g/mol. The highest BCUT2D eigenvalue weighted by atomic mass is 19.1. The van der Waals surface area contributed by atoms with E-state index in [2.05, 4.69) is 41.4 Å². The van der Waals surface area contributed by atoms with E-state index in [1.807, 2.05) is 12.3 Å². The molecular weight excluding hydrogens is 353 g/mol. The van der Waals surface area contributed by atoms with Crippen molar-refractivity contribution in [1.82, 2.24) is 15.2 Å². The van der Waals surface area contributed by atoms with E-state index in [4.69, 9.17) is 0 Å². The smallest absolute Gasteiger partial charge is 0.224 e. The molecule has 0 unspecified atom stereocenters. The highest BCUT2D eigenvalue weighted by Gasteiger charge is 2.30. The molecule has 5 heteroatoms. The van der Waals surface area contributed by atoms with Gasteiger partial charge >= 0.3 is 0 Å². The van der Waals surface area contributed by atoms with Gasteiger partial charge in [-0.05, 0) is 81.4 Å². The number of amides is 1. The molecule has 28 heavy (non-hydrogen) atoms. The third-order valence-corrected chi connectivity index (χ3v) is 5.73. The van der Waals surface area contributed by atoms with Crippen LogP contribution in [0.25, 0.3) is 0 Å². The largest absolute Gasteiger partial charge is 0.356 e. The minimum atomic E-state index is -0.299. The zero-order valence-corrected chi connectivity index (χ0v) is 16.8. The minimum Gasteiger partial charge on any atom is -0.356 e. The molecule has 1 aliphatic rings. The van der Waals surface area contributed by atoms with Gasteiger partial charge in [-0.2, -0.15) is 0 Å². The predicted molar refractivity (Wildman–Crippen MR) is 109 cm³/mol. The number of hydrogen-bond acceptors (Lipinski definition) is 3. The van der Waals surface area contributed by atoms with Crippen molar-refractivity contribution < 1.29 is 9.18 Å². The van der Waals surface area contributed by atoms with Crippen LogP contribution in [0.1, 0.15) is 43.0 Å². The number of aromatic nitrogens is 1. The molecule has 0 bridgehead atoms.